The minimum atomic E-state index is 0.0210. The van der Waals surface area contributed by atoms with Gasteiger partial charge in [0.15, 0.2) is 0 Å². The molecule has 0 bridgehead atoms. The highest BCUT2D eigenvalue weighted by atomic mass is 16.3. The highest BCUT2D eigenvalue weighted by Gasteiger charge is 2.34. The Labute approximate surface area is 139 Å². The first-order valence-corrected chi connectivity index (χ1v) is 10.5. The first-order chi connectivity index (χ1) is 10.8. The van der Waals surface area contributed by atoms with E-state index in [0.717, 1.165) is 30.6 Å². The topological polar surface area (TPSA) is 20.2 Å². The van der Waals surface area contributed by atoms with Gasteiger partial charge in [-0.05, 0) is 49.9 Å². The van der Waals surface area contributed by atoms with Crippen molar-refractivity contribution in [2.24, 2.45) is 17.8 Å². The van der Waals surface area contributed by atoms with Crippen LogP contribution in [0.3, 0.4) is 0 Å². The second-order valence-corrected chi connectivity index (χ2v) is 8.28. The lowest BCUT2D eigenvalue weighted by Gasteiger charge is -2.41. The Hall–Kier alpha value is -0.0400. The van der Waals surface area contributed by atoms with Crippen molar-refractivity contribution in [3.63, 3.8) is 0 Å². The molecule has 2 fully saturated rings. The van der Waals surface area contributed by atoms with Crippen LogP contribution in [0.1, 0.15) is 110 Å². The van der Waals surface area contributed by atoms with E-state index in [0.29, 0.717) is 0 Å². The van der Waals surface area contributed by atoms with Crippen LogP contribution in [0.2, 0.25) is 0 Å². The van der Waals surface area contributed by atoms with Gasteiger partial charge in [0, 0.05) is 0 Å². The molecule has 0 heterocycles. The standard InChI is InChI=1S/C21H40O/c1-2-3-4-5-6-7-8-9-10-11-18-12-13-19-14-15-21(22)17-20(19)16-18/h18-22H,2-17H2,1H3. The van der Waals surface area contributed by atoms with Crippen LogP contribution < -0.4 is 0 Å². The molecule has 0 amide bonds. The Kier molecular flexibility index (Phi) is 8.89. The summed E-state index contributed by atoms with van der Waals surface area (Å²) < 4.78 is 0. The van der Waals surface area contributed by atoms with Crippen molar-refractivity contribution < 1.29 is 5.11 Å². The summed E-state index contributed by atoms with van der Waals surface area (Å²) in [6.45, 7) is 2.29. The summed E-state index contributed by atoms with van der Waals surface area (Å²) in [5.41, 5.74) is 0. The van der Waals surface area contributed by atoms with Crippen molar-refractivity contribution >= 4 is 0 Å². The molecule has 1 nitrogen and oxygen atoms in total. The second kappa shape index (κ2) is 10.7. The van der Waals surface area contributed by atoms with Gasteiger partial charge in [0.1, 0.15) is 0 Å². The maximum Gasteiger partial charge on any atom is 0.0543 e. The maximum absolute atomic E-state index is 9.88. The summed E-state index contributed by atoms with van der Waals surface area (Å²) in [4.78, 5) is 0. The minimum absolute atomic E-state index is 0.0210. The van der Waals surface area contributed by atoms with Crippen LogP contribution in [0.4, 0.5) is 0 Å². The summed E-state index contributed by atoms with van der Waals surface area (Å²) in [6, 6.07) is 0. The van der Waals surface area contributed by atoms with Gasteiger partial charge in [0.25, 0.3) is 0 Å². The number of unbranched alkanes of at least 4 members (excludes halogenated alkanes) is 8. The normalized spacial score (nSPS) is 31.9. The first kappa shape index (κ1) is 18.3. The van der Waals surface area contributed by atoms with Crippen LogP contribution in [-0.4, -0.2) is 11.2 Å². The number of hydrogen-bond acceptors (Lipinski definition) is 1. The van der Waals surface area contributed by atoms with Gasteiger partial charge < -0.3 is 5.11 Å². The molecule has 2 aliphatic carbocycles. The van der Waals surface area contributed by atoms with E-state index in [4.69, 9.17) is 0 Å². The zero-order chi connectivity index (χ0) is 15.6. The number of aliphatic hydroxyl groups excluding tert-OH is 1. The van der Waals surface area contributed by atoms with Gasteiger partial charge in [0.2, 0.25) is 0 Å². The van der Waals surface area contributed by atoms with Gasteiger partial charge in [-0.1, -0.05) is 77.6 Å². The van der Waals surface area contributed by atoms with Crippen LogP contribution in [0.5, 0.6) is 0 Å². The summed E-state index contributed by atoms with van der Waals surface area (Å²) in [7, 11) is 0. The summed E-state index contributed by atoms with van der Waals surface area (Å²) in [5.74, 6) is 2.81. The SMILES string of the molecule is CCCCCCCCCCCC1CCC2CCC(O)CC2C1. The molecule has 0 aromatic heterocycles. The van der Waals surface area contributed by atoms with E-state index >= 15 is 0 Å². The molecular formula is C21H40O. The van der Waals surface area contributed by atoms with Crippen molar-refractivity contribution in [2.45, 2.75) is 116 Å². The molecule has 1 heteroatoms. The number of rotatable bonds is 10. The van der Waals surface area contributed by atoms with E-state index in [1.54, 1.807) is 0 Å². The van der Waals surface area contributed by atoms with Gasteiger partial charge in [-0.2, -0.15) is 0 Å². The van der Waals surface area contributed by atoms with Crippen LogP contribution in [-0.2, 0) is 0 Å². The molecule has 0 aromatic carbocycles. The van der Waals surface area contributed by atoms with Crippen LogP contribution >= 0.6 is 0 Å². The predicted molar refractivity (Wildman–Crippen MR) is 96.0 cm³/mol. The van der Waals surface area contributed by atoms with E-state index < -0.39 is 0 Å². The van der Waals surface area contributed by atoms with E-state index in [1.807, 2.05) is 0 Å². The lowest BCUT2D eigenvalue weighted by Crippen LogP contribution is -2.33. The Morgan fingerprint density at radius 3 is 2.05 bits per heavy atom. The Morgan fingerprint density at radius 1 is 0.682 bits per heavy atom. The Balaban J connectivity index is 1.46. The minimum Gasteiger partial charge on any atom is -0.393 e. The first-order valence-electron chi connectivity index (χ1n) is 10.5. The van der Waals surface area contributed by atoms with E-state index in [1.165, 1.54) is 89.9 Å². The molecule has 0 radical (unpaired) electrons. The molecule has 22 heavy (non-hydrogen) atoms. The quantitative estimate of drug-likeness (QED) is 0.458. The molecule has 2 aliphatic rings. The monoisotopic (exact) mass is 308 g/mol. The van der Waals surface area contributed by atoms with E-state index in [9.17, 15) is 5.11 Å². The lowest BCUT2D eigenvalue weighted by molar-refractivity contribution is 0.0331. The van der Waals surface area contributed by atoms with Gasteiger partial charge in [-0.25, -0.2) is 0 Å². The molecular weight excluding hydrogens is 268 g/mol. The van der Waals surface area contributed by atoms with Crippen LogP contribution in [0.15, 0.2) is 0 Å². The Bertz CT molecular complexity index is 275. The smallest absolute Gasteiger partial charge is 0.0543 e. The number of aliphatic hydroxyl groups is 1. The second-order valence-electron chi connectivity index (χ2n) is 8.28. The highest BCUT2D eigenvalue weighted by Crippen LogP contribution is 2.44. The fourth-order valence-electron chi connectivity index (χ4n) is 4.97. The molecule has 1 N–H and O–H groups in total. The number of fused-ring (bicyclic) bond motifs is 1. The van der Waals surface area contributed by atoms with Gasteiger partial charge >= 0.3 is 0 Å². The fraction of sp³-hybridized carbons (Fsp3) is 1.00. The summed E-state index contributed by atoms with van der Waals surface area (Å²) >= 11 is 0. The van der Waals surface area contributed by atoms with Crippen LogP contribution in [0.25, 0.3) is 0 Å². The van der Waals surface area contributed by atoms with E-state index in [2.05, 4.69) is 6.92 Å². The third-order valence-corrected chi connectivity index (χ3v) is 6.41. The highest BCUT2D eigenvalue weighted by molar-refractivity contribution is 4.86. The van der Waals surface area contributed by atoms with Crippen LogP contribution in [0, 0.1) is 17.8 Å². The average Bonchev–Trinajstić information content (AvgIpc) is 2.53. The third-order valence-electron chi connectivity index (χ3n) is 6.41. The zero-order valence-corrected chi connectivity index (χ0v) is 15.1. The molecule has 0 spiro atoms. The molecule has 0 aromatic rings. The Morgan fingerprint density at radius 2 is 1.32 bits per heavy atom. The fourth-order valence-corrected chi connectivity index (χ4v) is 4.97. The molecule has 4 atom stereocenters. The number of hydrogen-bond donors (Lipinski definition) is 1. The summed E-state index contributed by atoms with van der Waals surface area (Å²) in [6.07, 6.45) is 22.3. The van der Waals surface area contributed by atoms with Crippen molar-refractivity contribution in [1.29, 1.82) is 0 Å². The van der Waals surface area contributed by atoms with Crippen molar-refractivity contribution in [2.75, 3.05) is 0 Å². The van der Waals surface area contributed by atoms with E-state index in [-0.39, 0.29) is 6.10 Å². The molecule has 130 valence electrons. The van der Waals surface area contributed by atoms with Gasteiger partial charge in [0.05, 0.1) is 6.10 Å². The average molecular weight is 309 g/mol. The molecule has 2 rings (SSSR count). The predicted octanol–water partition coefficient (Wildman–Crippen LogP) is 6.48. The molecule has 2 saturated carbocycles. The molecule has 0 aliphatic heterocycles. The third kappa shape index (κ3) is 6.60. The zero-order valence-electron chi connectivity index (χ0n) is 15.1. The van der Waals surface area contributed by atoms with Crippen molar-refractivity contribution in [3.05, 3.63) is 0 Å². The van der Waals surface area contributed by atoms with Crippen molar-refractivity contribution in [3.8, 4) is 0 Å². The van der Waals surface area contributed by atoms with Gasteiger partial charge in [-0.3, -0.25) is 0 Å². The molecule has 0 saturated heterocycles. The largest absolute Gasteiger partial charge is 0.393 e. The lowest BCUT2D eigenvalue weighted by atomic mass is 9.66. The molecule has 4 unspecified atom stereocenters. The maximum atomic E-state index is 9.88. The van der Waals surface area contributed by atoms with Gasteiger partial charge in [-0.15, -0.1) is 0 Å². The summed E-state index contributed by atoms with van der Waals surface area (Å²) in [5, 5.41) is 9.88. The van der Waals surface area contributed by atoms with Crippen molar-refractivity contribution in [1.82, 2.24) is 0 Å².